The Morgan fingerprint density at radius 1 is 1.02 bits per heavy atom. The van der Waals surface area contributed by atoms with Gasteiger partial charge in [-0.1, -0.05) is 41.5 Å². The molecule has 1 aliphatic rings. The number of rotatable bonds is 24. The van der Waals surface area contributed by atoms with E-state index in [0.29, 0.717) is 76.4 Å². The van der Waals surface area contributed by atoms with Crippen LogP contribution in [0.25, 0.3) is 0 Å². The van der Waals surface area contributed by atoms with E-state index in [1.807, 2.05) is 60.5 Å². The van der Waals surface area contributed by atoms with Crippen molar-refractivity contribution in [2.75, 3.05) is 86.2 Å². The molecule has 0 aromatic rings. The average molecular weight is 728 g/mol. The largest absolute Gasteiger partial charge is 0.479 e. The number of aliphatic carboxylic acids is 1. The molecular weight excluding hydrogens is 666 g/mol. The summed E-state index contributed by atoms with van der Waals surface area (Å²) < 4.78 is 6.50. The van der Waals surface area contributed by atoms with Crippen molar-refractivity contribution >= 4 is 49.1 Å². The summed E-state index contributed by atoms with van der Waals surface area (Å²) in [5, 5.41) is 14.8. The Bertz CT molecular complexity index is 1030. The number of ether oxygens (including phenoxy) is 1. The van der Waals surface area contributed by atoms with Crippen LogP contribution in [0.5, 0.6) is 0 Å². The van der Waals surface area contributed by atoms with E-state index in [1.165, 1.54) is 0 Å². The van der Waals surface area contributed by atoms with Gasteiger partial charge in [0, 0.05) is 56.7 Å². The van der Waals surface area contributed by atoms with Crippen LogP contribution in [0.4, 0.5) is 0 Å². The molecule has 14 nitrogen and oxygen atoms in total. The van der Waals surface area contributed by atoms with Gasteiger partial charge in [0.05, 0.1) is 52.7 Å². The molecule has 3 radical (unpaired) electrons. The summed E-state index contributed by atoms with van der Waals surface area (Å²) in [6.07, 6.45) is -0.459. The average Bonchev–Trinajstić information content (AvgIpc) is 3.24. The van der Waals surface area contributed by atoms with Gasteiger partial charge in [0.2, 0.25) is 11.8 Å². The Hall–Kier alpha value is -1.85. The summed E-state index contributed by atoms with van der Waals surface area (Å²) in [7, 11) is 3.97. The van der Waals surface area contributed by atoms with Crippen LogP contribution in [0, 0.1) is 10.8 Å². The fourth-order valence-electron chi connectivity index (χ4n) is 5.33. The summed E-state index contributed by atoms with van der Waals surface area (Å²) >= 11 is 0. The first-order chi connectivity index (χ1) is 21.3. The van der Waals surface area contributed by atoms with Crippen LogP contribution in [0.2, 0.25) is 0 Å². The number of nitrogens with zero attached hydrogens (tertiary/aromatic N) is 3. The van der Waals surface area contributed by atoms with Crippen LogP contribution in [-0.2, 0) is 33.5 Å². The number of hydrogen-bond acceptors (Lipinski definition) is 10. The van der Waals surface area contributed by atoms with E-state index in [0.717, 1.165) is 6.54 Å². The number of Topliss-reactive ketones (excluding diaryl/α,β-unsaturated/α-hetero) is 2. The van der Waals surface area contributed by atoms with Crippen molar-refractivity contribution in [1.82, 2.24) is 20.4 Å². The van der Waals surface area contributed by atoms with Gasteiger partial charge in [0.1, 0.15) is 12.6 Å². The van der Waals surface area contributed by atoms with Crippen LogP contribution in [0.15, 0.2) is 0 Å². The molecule has 0 spiro atoms. The first-order valence-electron chi connectivity index (χ1n) is 16.3. The minimum atomic E-state index is -1.23. The Balaban J connectivity index is 0.0000212. The van der Waals surface area contributed by atoms with Crippen molar-refractivity contribution in [2.45, 2.75) is 79.4 Å². The molecule has 269 valence electrons. The van der Waals surface area contributed by atoms with Crippen molar-refractivity contribution in [3.05, 3.63) is 0 Å². The van der Waals surface area contributed by atoms with Crippen LogP contribution in [0.1, 0.15) is 67.2 Å². The van der Waals surface area contributed by atoms with Crippen LogP contribution >= 0.6 is 0 Å². The van der Waals surface area contributed by atoms with Gasteiger partial charge in [0.25, 0.3) is 0 Å². The van der Waals surface area contributed by atoms with Crippen molar-refractivity contribution in [1.29, 1.82) is 0 Å². The molecule has 1 aliphatic heterocycles. The number of ketones is 2. The second kappa shape index (κ2) is 21.3. The maximum Gasteiger partial charge on any atom is 0.334 e. The molecule has 0 aromatic carbocycles. The van der Waals surface area contributed by atoms with E-state index in [2.05, 4.69) is 20.4 Å². The number of hydrogen-bond donors (Lipinski definition) is 4. The summed E-state index contributed by atoms with van der Waals surface area (Å²) in [5.74, 6) is 3.70. The topological polar surface area (TPSA) is 181 Å². The quantitative estimate of drug-likeness (QED) is 0.0600. The van der Waals surface area contributed by atoms with E-state index in [4.69, 9.17) is 15.7 Å². The molecule has 1 heterocycles. The predicted octanol–water partition coefficient (Wildman–Crippen LogP) is 0.0515. The molecule has 0 aromatic heterocycles. The number of amides is 2. The number of likely N-dealkylation sites (N-methyl/N-ethyl adjacent to an activating group) is 3. The van der Waals surface area contributed by atoms with Gasteiger partial charge in [-0.25, -0.2) is 10.7 Å². The second-order valence-corrected chi connectivity index (χ2v) is 14.6. The van der Waals surface area contributed by atoms with E-state index in [-0.39, 0.29) is 79.4 Å². The van der Waals surface area contributed by atoms with Crippen LogP contribution < -0.4 is 16.5 Å². The molecule has 47 heavy (non-hydrogen) atoms. The Labute approximate surface area is 294 Å². The van der Waals surface area contributed by atoms with Gasteiger partial charge in [-0.15, -0.1) is 0 Å². The number of carboxylic acid groups (broad SMARTS) is 1. The Morgan fingerprint density at radius 2 is 1.60 bits per heavy atom. The Kier molecular flexibility index (Phi) is 20.4. The summed E-state index contributed by atoms with van der Waals surface area (Å²) in [6.45, 7) is 17.3. The van der Waals surface area contributed by atoms with Crippen molar-refractivity contribution in [3.63, 3.8) is 0 Å². The fraction of sp³-hybridized carbons (Fsp3) is 0.844. The maximum absolute atomic E-state index is 12.9. The van der Waals surface area contributed by atoms with Gasteiger partial charge >= 0.3 is 5.97 Å². The number of nitrogens with one attached hydrogen (secondary N) is 2. The maximum atomic E-state index is 12.9. The first-order valence-corrected chi connectivity index (χ1v) is 16.3. The number of nitrogens with two attached hydrogens (primary N) is 1. The SMILES string of the molecule is CCN(C)CC(=O)C[C@H]1CC(=O)C[N+]1(C)CCN(CC)CC(=O)NCC(C)(C)COCC(C)(C)CNC(=O)CCC(ON)C(=O)O.[Ga]. The molecule has 2 amide bonds. The zero-order valence-corrected chi connectivity index (χ0v) is 32.5. The normalized spacial score (nSPS) is 19.0. The molecule has 15 heteroatoms. The number of quaternary nitrogens is 1. The molecule has 3 atom stereocenters. The number of likely N-dealkylation sites (tertiary alicyclic amines) is 1. The molecule has 1 saturated heterocycles. The molecule has 1 fully saturated rings. The third kappa shape index (κ3) is 17.9. The van der Waals surface area contributed by atoms with Gasteiger partial charge in [-0.3, -0.25) is 33.8 Å². The van der Waals surface area contributed by atoms with Crippen molar-refractivity contribution in [3.8, 4) is 0 Å². The molecule has 0 saturated carbocycles. The van der Waals surface area contributed by atoms with E-state index >= 15 is 0 Å². The molecule has 0 bridgehead atoms. The summed E-state index contributed by atoms with van der Waals surface area (Å²) in [5.41, 5.74) is -0.704. The van der Waals surface area contributed by atoms with Crippen LogP contribution in [0.3, 0.4) is 0 Å². The monoisotopic (exact) mass is 726 g/mol. The number of carbonyl (C=O) groups is 5. The molecule has 5 N–H and O–H groups in total. The third-order valence-corrected chi connectivity index (χ3v) is 8.66. The zero-order valence-electron chi connectivity index (χ0n) is 30.1. The number of carboxylic acids is 1. The summed E-state index contributed by atoms with van der Waals surface area (Å²) in [4.78, 5) is 69.4. The van der Waals surface area contributed by atoms with Gasteiger partial charge in [-0.2, -0.15) is 0 Å². The minimum Gasteiger partial charge on any atom is -0.479 e. The van der Waals surface area contributed by atoms with Crippen molar-refractivity contribution in [2.24, 2.45) is 16.7 Å². The van der Waals surface area contributed by atoms with Gasteiger partial charge in [-0.05, 0) is 26.6 Å². The molecule has 0 aliphatic carbocycles. The number of carbonyl (C=O) groups excluding carboxylic acids is 4. The smallest absolute Gasteiger partial charge is 0.334 e. The first kappa shape index (κ1) is 45.1. The van der Waals surface area contributed by atoms with Crippen molar-refractivity contribution < 1.29 is 43.1 Å². The fourth-order valence-corrected chi connectivity index (χ4v) is 5.33. The zero-order chi connectivity index (χ0) is 35.1. The minimum absolute atomic E-state index is 0. The predicted molar refractivity (Wildman–Crippen MR) is 180 cm³/mol. The van der Waals surface area contributed by atoms with Gasteiger partial charge < -0.3 is 25.0 Å². The van der Waals surface area contributed by atoms with E-state index < -0.39 is 12.1 Å². The second-order valence-electron chi connectivity index (χ2n) is 14.6. The molecular formula is C32H61GaN6O8+. The molecule has 1 rings (SSSR count). The third-order valence-electron chi connectivity index (χ3n) is 8.66. The van der Waals surface area contributed by atoms with E-state index in [9.17, 15) is 24.0 Å². The standard InChI is InChI=1S/C32H60N6O8.Ga/c1-9-36(7)17-25(39)15-24-16-26(40)19-38(24,8)14-13-37(10-2)18-29(42)35-21-32(5,6)23-45-22-31(3,4)20-34-28(41)12-11-27(46-33)30(43)44;/h24,27H,9-23,33H2,1-8H3,(H2-,34,35,41,42,43,44);/p+1/t24-,27?,38?;/m0./s1. The van der Waals surface area contributed by atoms with Gasteiger partial charge in [0.15, 0.2) is 17.7 Å². The van der Waals surface area contributed by atoms with Crippen LogP contribution in [-0.4, -0.2) is 167 Å². The Morgan fingerprint density at radius 3 is 2.11 bits per heavy atom. The molecule has 2 unspecified atom stereocenters. The summed E-state index contributed by atoms with van der Waals surface area (Å²) in [6, 6.07) is -0.0251. The van der Waals surface area contributed by atoms with E-state index in [1.54, 1.807) is 0 Å².